The summed E-state index contributed by atoms with van der Waals surface area (Å²) < 4.78 is 0. The van der Waals surface area contributed by atoms with Crippen molar-refractivity contribution in [2.45, 2.75) is 58.2 Å². The molecule has 0 radical (unpaired) electrons. The molecule has 0 bridgehead atoms. The van der Waals surface area contributed by atoms with Gasteiger partial charge in [-0.15, -0.1) is 0 Å². The van der Waals surface area contributed by atoms with Gasteiger partial charge >= 0.3 is 6.03 Å². The minimum Gasteiger partial charge on any atom is -0.331 e. The predicted molar refractivity (Wildman–Crippen MR) is 84.7 cm³/mol. The van der Waals surface area contributed by atoms with Gasteiger partial charge in [-0.1, -0.05) is 20.8 Å². The number of hydrogen-bond acceptors (Lipinski definition) is 5. The lowest BCUT2D eigenvalue weighted by atomic mass is 9.95. The van der Waals surface area contributed by atoms with E-state index in [-0.39, 0.29) is 23.7 Å². The van der Waals surface area contributed by atoms with Gasteiger partial charge < -0.3 is 10.2 Å². The third-order valence-corrected chi connectivity index (χ3v) is 4.15. The molecular formula is C16H21N5O3. The minimum atomic E-state index is -0.694. The molecule has 1 fully saturated rings. The summed E-state index contributed by atoms with van der Waals surface area (Å²) >= 11 is 0. The highest BCUT2D eigenvalue weighted by Crippen LogP contribution is 2.25. The maximum absolute atomic E-state index is 12.7. The Balaban J connectivity index is 1.74. The van der Waals surface area contributed by atoms with E-state index in [0.717, 1.165) is 17.1 Å². The van der Waals surface area contributed by atoms with Gasteiger partial charge in [0.25, 0.3) is 0 Å². The second-order valence-corrected chi connectivity index (χ2v) is 7.22. The van der Waals surface area contributed by atoms with Crippen molar-refractivity contribution in [3.63, 3.8) is 0 Å². The normalized spacial score (nSPS) is 21.0. The van der Waals surface area contributed by atoms with Crippen molar-refractivity contribution in [2.75, 3.05) is 0 Å². The molecule has 3 heterocycles. The lowest BCUT2D eigenvalue weighted by molar-refractivity contribution is -0.134. The lowest BCUT2D eigenvalue weighted by Crippen LogP contribution is -2.48. The number of carbonyl (C=O) groups is 3. The molecule has 8 nitrogen and oxygen atoms in total. The number of nitrogens with one attached hydrogen (secondary N) is 2. The summed E-state index contributed by atoms with van der Waals surface area (Å²) in [6, 6.07) is -1.32. The van der Waals surface area contributed by atoms with Crippen LogP contribution in [0.3, 0.4) is 0 Å². The monoisotopic (exact) mass is 331 g/mol. The molecule has 1 aromatic rings. The molecule has 128 valence electrons. The van der Waals surface area contributed by atoms with Gasteiger partial charge in [-0.2, -0.15) is 0 Å². The number of imide groups is 1. The standard InChI is InChI=1S/C16H21N5O3/c1-16(2,3)14-17-6-9-7-21(8-11(9)18-14)13(23)10-4-5-12(22)20-15(24)19-10/h6,10H,4-5,7-8H2,1-3H3,(H2,19,20,22,24). The van der Waals surface area contributed by atoms with E-state index >= 15 is 0 Å². The highest BCUT2D eigenvalue weighted by atomic mass is 16.2. The molecule has 24 heavy (non-hydrogen) atoms. The van der Waals surface area contributed by atoms with Crippen LogP contribution in [0.15, 0.2) is 6.20 Å². The molecule has 3 rings (SSSR count). The number of aromatic nitrogens is 2. The third kappa shape index (κ3) is 3.22. The zero-order valence-electron chi connectivity index (χ0n) is 14.0. The van der Waals surface area contributed by atoms with Crippen LogP contribution in [0.4, 0.5) is 4.79 Å². The van der Waals surface area contributed by atoms with Gasteiger partial charge in [-0.25, -0.2) is 14.8 Å². The van der Waals surface area contributed by atoms with E-state index in [0.29, 0.717) is 19.5 Å². The number of fused-ring (bicyclic) bond motifs is 1. The molecule has 2 aliphatic heterocycles. The van der Waals surface area contributed by atoms with Crippen LogP contribution in [0.1, 0.15) is 50.7 Å². The van der Waals surface area contributed by atoms with E-state index in [4.69, 9.17) is 0 Å². The molecule has 1 atom stereocenters. The molecule has 1 aromatic heterocycles. The van der Waals surface area contributed by atoms with E-state index in [1.54, 1.807) is 11.1 Å². The van der Waals surface area contributed by atoms with Crippen LogP contribution in [0.25, 0.3) is 0 Å². The van der Waals surface area contributed by atoms with E-state index in [1.807, 2.05) is 20.8 Å². The summed E-state index contributed by atoms with van der Waals surface area (Å²) in [4.78, 5) is 46.2. The van der Waals surface area contributed by atoms with Crippen molar-refractivity contribution < 1.29 is 14.4 Å². The van der Waals surface area contributed by atoms with Crippen LogP contribution >= 0.6 is 0 Å². The topological polar surface area (TPSA) is 104 Å². The van der Waals surface area contributed by atoms with Crippen LogP contribution in [-0.4, -0.2) is 38.8 Å². The average molecular weight is 331 g/mol. The lowest BCUT2D eigenvalue weighted by Gasteiger charge is -2.21. The number of amides is 4. The van der Waals surface area contributed by atoms with Crippen LogP contribution < -0.4 is 10.6 Å². The molecule has 0 aromatic carbocycles. The van der Waals surface area contributed by atoms with Crippen LogP contribution in [-0.2, 0) is 28.1 Å². The minimum absolute atomic E-state index is 0.143. The summed E-state index contributed by atoms with van der Waals surface area (Å²) in [6.45, 7) is 6.94. The second-order valence-electron chi connectivity index (χ2n) is 7.22. The largest absolute Gasteiger partial charge is 0.331 e. The Morgan fingerprint density at radius 1 is 1.29 bits per heavy atom. The van der Waals surface area contributed by atoms with Crippen molar-refractivity contribution in [2.24, 2.45) is 0 Å². The molecular weight excluding hydrogens is 310 g/mol. The van der Waals surface area contributed by atoms with Gasteiger partial charge in [0.05, 0.1) is 12.2 Å². The summed E-state index contributed by atoms with van der Waals surface area (Å²) in [6.07, 6.45) is 2.21. The maximum Gasteiger partial charge on any atom is 0.322 e. The fraction of sp³-hybridized carbons (Fsp3) is 0.562. The third-order valence-electron chi connectivity index (χ3n) is 4.15. The Morgan fingerprint density at radius 2 is 2.04 bits per heavy atom. The summed E-state index contributed by atoms with van der Waals surface area (Å²) in [7, 11) is 0. The Bertz CT molecular complexity index is 710. The first-order valence-corrected chi connectivity index (χ1v) is 7.98. The van der Waals surface area contributed by atoms with E-state index in [2.05, 4.69) is 20.6 Å². The number of nitrogens with zero attached hydrogens (tertiary/aromatic N) is 3. The fourth-order valence-corrected chi connectivity index (χ4v) is 2.81. The zero-order chi connectivity index (χ0) is 17.5. The molecule has 4 amide bonds. The molecule has 2 N–H and O–H groups in total. The first-order valence-electron chi connectivity index (χ1n) is 7.98. The number of urea groups is 1. The smallest absolute Gasteiger partial charge is 0.322 e. The van der Waals surface area contributed by atoms with Crippen molar-refractivity contribution in [3.8, 4) is 0 Å². The van der Waals surface area contributed by atoms with Gasteiger partial charge in [-0.3, -0.25) is 14.9 Å². The predicted octanol–water partition coefficient (Wildman–Crippen LogP) is 0.604. The highest BCUT2D eigenvalue weighted by Gasteiger charge is 2.33. The van der Waals surface area contributed by atoms with Crippen LogP contribution in [0.5, 0.6) is 0 Å². The van der Waals surface area contributed by atoms with Gasteiger partial charge in [0.15, 0.2) is 0 Å². The molecule has 1 unspecified atom stereocenters. The molecule has 0 aliphatic carbocycles. The summed E-state index contributed by atoms with van der Waals surface area (Å²) in [5.74, 6) is 0.177. The van der Waals surface area contributed by atoms with E-state index in [1.165, 1.54) is 0 Å². The molecule has 0 spiro atoms. The van der Waals surface area contributed by atoms with Crippen LogP contribution in [0, 0.1) is 0 Å². The molecule has 2 aliphatic rings. The van der Waals surface area contributed by atoms with Crippen molar-refractivity contribution in [1.29, 1.82) is 0 Å². The Hall–Kier alpha value is -2.51. The number of carbonyl (C=O) groups excluding carboxylic acids is 3. The van der Waals surface area contributed by atoms with E-state index < -0.39 is 12.1 Å². The SMILES string of the molecule is CC(C)(C)c1ncc2c(n1)CN(C(=O)C1CCC(=O)NC(=O)N1)C2. The second kappa shape index (κ2) is 5.85. The van der Waals surface area contributed by atoms with Crippen molar-refractivity contribution in [1.82, 2.24) is 25.5 Å². The van der Waals surface area contributed by atoms with Gasteiger partial charge in [0, 0.05) is 30.1 Å². The van der Waals surface area contributed by atoms with Gasteiger partial charge in [-0.05, 0) is 6.42 Å². The van der Waals surface area contributed by atoms with Gasteiger partial charge in [0.2, 0.25) is 11.8 Å². The zero-order valence-corrected chi connectivity index (χ0v) is 14.0. The first-order chi connectivity index (χ1) is 11.2. The fourth-order valence-electron chi connectivity index (χ4n) is 2.81. The van der Waals surface area contributed by atoms with Crippen LogP contribution in [0.2, 0.25) is 0 Å². The average Bonchev–Trinajstić information content (AvgIpc) is 2.84. The Kier molecular flexibility index (Phi) is 3.98. The number of hydrogen-bond donors (Lipinski definition) is 2. The van der Waals surface area contributed by atoms with Gasteiger partial charge in [0.1, 0.15) is 11.9 Å². The number of rotatable bonds is 1. The maximum atomic E-state index is 12.7. The Labute approximate surface area is 140 Å². The van der Waals surface area contributed by atoms with Crippen molar-refractivity contribution in [3.05, 3.63) is 23.3 Å². The highest BCUT2D eigenvalue weighted by molar-refractivity contribution is 5.98. The first kappa shape index (κ1) is 16.4. The Morgan fingerprint density at radius 3 is 2.75 bits per heavy atom. The molecule has 1 saturated heterocycles. The molecule has 8 heteroatoms. The quantitative estimate of drug-likeness (QED) is 0.784. The van der Waals surface area contributed by atoms with E-state index in [9.17, 15) is 14.4 Å². The summed E-state index contributed by atoms with van der Waals surface area (Å²) in [5.41, 5.74) is 1.61. The van der Waals surface area contributed by atoms with Crippen molar-refractivity contribution >= 4 is 17.8 Å². The summed E-state index contributed by atoms with van der Waals surface area (Å²) in [5, 5.41) is 4.73. The molecule has 0 saturated carbocycles.